The lowest BCUT2D eigenvalue weighted by Crippen LogP contribution is -2.15. The molecule has 3 N–H and O–H groups in total. The van der Waals surface area contributed by atoms with E-state index < -0.39 is 28.8 Å². The third-order valence-electron chi connectivity index (χ3n) is 2.65. The zero-order valence-corrected chi connectivity index (χ0v) is 8.04. The first kappa shape index (κ1) is 11.1. The molecule has 2 rings (SSSR count). The van der Waals surface area contributed by atoms with Crippen molar-refractivity contribution < 1.29 is 28.5 Å². The molecule has 1 aliphatic carbocycles. The predicted octanol–water partition coefficient (Wildman–Crippen LogP) is 2.10. The van der Waals surface area contributed by atoms with E-state index in [9.17, 15) is 18.3 Å². The van der Waals surface area contributed by atoms with Crippen LogP contribution in [0, 0.1) is 0 Å². The van der Waals surface area contributed by atoms with Crippen LogP contribution in [0.5, 0.6) is 11.5 Å². The number of hydrogen-bond acceptors (Lipinski definition) is 3. The van der Waals surface area contributed by atoms with Crippen LogP contribution in [0.25, 0.3) is 0 Å². The fourth-order valence-corrected chi connectivity index (χ4v) is 1.58. The molecule has 3 nitrogen and oxygen atoms in total. The predicted molar refractivity (Wildman–Crippen MR) is 47.9 cm³/mol. The van der Waals surface area contributed by atoms with Crippen LogP contribution in [0.15, 0.2) is 12.1 Å². The van der Waals surface area contributed by atoms with E-state index in [4.69, 9.17) is 10.2 Å². The van der Waals surface area contributed by atoms with Gasteiger partial charge < -0.3 is 15.3 Å². The molecule has 0 amide bonds. The lowest BCUT2D eigenvalue weighted by Gasteiger charge is -2.17. The zero-order valence-electron chi connectivity index (χ0n) is 8.04. The van der Waals surface area contributed by atoms with Crippen molar-refractivity contribution in [3.8, 4) is 11.5 Å². The van der Waals surface area contributed by atoms with Gasteiger partial charge in [-0.1, -0.05) is 0 Å². The average molecular weight is 234 g/mol. The molecule has 0 aliphatic heterocycles. The van der Waals surface area contributed by atoms with E-state index in [0.717, 1.165) is 6.07 Å². The van der Waals surface area contributed by atoms with Crippen molar-refractivity contribution in [2.45, 2.75) is 24.6 Å². The quantitative estimate of drug-likeness (QED) is 0.652. The van der Waals surface area contributed by atoms with Gasteiger partial charge in [0.2, 0.25) is 0 Å². The molecule has 0 bridgehead atoms. The molecule has 16 heavy (non-hydrogen) atoms. The molecule has 0 unspecified atom stereocenters. The SMILES string of the molecule is Oc1cc(C(F)(F)F)c(C2(O)CC2)cc1O. The van der Waals surface area contributed by atoms with Gasteiger partial charge in [0.15, 0.2) is 11.5 Å². The van der Waals surface area contributed by atoms with Crippen LogP contribution in [0.3, 0.4) is 0 Å². The molecule has 1 fully saturated rings. The van der Waals surface area contributed by atoms with Crippen molar-refractivity contribution in [3.05, 3.63) is 23.3 Å². The summed E-state index contributed by atoms with van der Waals surface area (Å²) >= 11 is 0. The van der Waals surface area contributed by atoms with E-state index in [0.29, 0.717) is 6.07 Å². The number of phenolic OH excluding ortho intramolecular Hbond substituents is 2. The fraction of sp³-hybridized carbons (Fsp3) is 0.400. The number of aliphatic hydroxyl groups is 1. The van der Waals surface area contributed by atoms with Crippen LogP contribution >= 0.6 is 0 Å². The molecule has 1 aromatic carbocycles. The highest BCUT2D eigenvalue weighted by Gasteiger charge is 2.48. The Morgan fingerprint density at radius 2 is 1.56 bits per heavy atom. The monoisotopic (exact) mass is 234 g/mol. The normalized spacial score (nSPS) is 18.5. The third-order valence-corrected chi connectivity index (χ3v) is 2.65. The molecular formula is C10H9F3O3. The number of alkyl halides is 3. The molecule has 0 atom stereocenters. The summed E-state index contributed by atoms with van der Waals surface area (Å²) in [6.45, 7) is 0. The van der Waals surface area contributed by atoms with Gasteiger partial charge in [-0.3, -0.25) is 0 Å². The molecule has 0 aromatic heterocycles. The standard InChI is InChI=1S/C10H9F3O3/c11-10(12,13)6-4-8(15)7(14)3-5(6)9(16)1-2-9/h3-4,14-16H,1-2H2. The van der Waals surface area contributed by atoms with E-state index in [1.807, 2.05) is 0 Å². The molecule has 0 saturated heterocycles. The number of phenols is 2. The van der Waals surface area contributed by atoms with Gasteiger partial charge in [-0.15, -0.1) is 0 Å². The Balaban J connectivity index is 2.62. The first-order chi connectivity index (χ1) is 7.24. The Morgan fingerprint density at radius 1 is 1.06 bits per heavy atom. The largest absolute Gasteiger partial charge is 0.504 e. The van der Waals surface area contributed by atoms with Crippen LogP contribution < -0.4 is 0 Å². The van der Waals surface area contributed by atoms with Crippen molar-refractivity contribution in [1.82, 2.24) is 0 Å². The maximum absolute atomic E-state index is 12.6. The van der Waals surface area contributed by atoms with E-state index in [-0.39, 0.29) is 18.4 Å². The van der Waals surface area contributed by atoms with Gasteiger partial charge in [0.25, 0.3) is 0 Å². The Kier molecular flexibility index (Phi) is 2.10. The first-order valence-electron chi connectivity index (χ1n) is 4.60. The van der Waals surface area contributed by atoms with Crippen LogP contribution in [0.1, 0.15) is 24.0 Å². The number of benzene rings is 1. The van der Waals surface area contributed by atoms with Crippen LogP contribution in [0.4, 0.5) is 13.2 Å². The van der Waals surface area contributed by atoms with Gasteiger partial charge in [-0.05, 0) is 30.5 Å². The fourth-order valence-electron chi connectivity index (χ4n) is 1.58. The minimum Gasteiger partial charge on any atom is -0.504 e. The van der Waals surface area contributed by atoms with E-state index >= 15 is 0 Å². The van der Waals surface area contributed by atoms with Crippen molar-refractivity contribution in [2.24, 2.45) is 0 Å². The highest BCUT2D eigenvalue weighted by molar-refractivity contribution is 5.50. The van der Waals surface area contributed by atoms with Crippen molar-refractivity contribution in [1.29, 1.82) is 0 Å². The van der Waals surface area contributed by atoms with Gasteiger partial charge in [0.1, 0.15) is 0 Å². The Bertz CT molecular complexity index is 405. The highest BCUT2D eigenvalue weighted by Crippen LogP contribution is 2.51. The van der Waals surface area contributed by atoms with Gasteiger partial charge in [-0.2, -0.15) is 13.2 Å². The Labute approximate surface area is 88.8 Å². The lowest BCUT2D eigenvalue weighted by molar-refractivity contribution is -0.139. The molecule has 0 spiro atoms. The van der Waals surface area contributed by atoms with Crippen LogP contribution in [-0.4, -0.2) is 15.3 Å². The first-order valence-corrected chi connectivity index (χ1v) is 4.60. The summed E-state index contributed by atoms with van der Waals surface area (Å²) in [5.74, 6) is -1.51. The lowest BCUT2D eigenvalue weighted by atomic mass is 9.99. The van der Waals surface area contributed by atoms with E-state index in [2.05, 4.69) is 0 Å². The summed E-state index contributed by atoms with van der Waals surface area (Å²) in [6.07, 6.45) is -4.22. The van der Waals surface area contributed by atoms with E-state index in [1.165, 1.54) is 0 Å². The number of halogens is 3. The second kappa shape index (κ2) is 3.04. The number of hydrogen-bond donors (Lipinski definition) is 3. The van der Waals surface area contributed by atoms with Gasteiger partial charge in [0, 0.05) is 0 Å². The van der Waals surface area contributed by atoms with E-state index in [1.54, 1.807) is 0 Å². The summed E-state index contributed by atoms with van der Waals surface area (Å²) in [4.78, 5) is 0. The molecule has 1 aromatic rings. The average Bonchev–Trinajstić information content (AvgIpc) is 2.87. The molecule has 0 radical (unpaired) electrons. The minimum absolute atomic E-state index is 0.223. The molecule has 88 valence electrons. The Hall–Kier alpha value is -1.43. The van der Waals surface area contributed by atoms with Crippen molar-refractivity contribution in [2.75, 3.05) is 0 Å². The second-order valence-corrected chi connectivity index (χ2v) is 3.92. The maximum Gasteiger partial charge on any atom is 0.416 e. The van der Waals surface area contributed by atoms with Gasteiger partial charge in [0.05, 0.1) is 11.2 Å². The Morgan fingerprint density at radius 3 is 2.00 bits per heavy atom. The number of rotatable bonds is 1. The molecular weight excluding hydrogens is 225 g/mol. The highest BCUT2D eigenvalue weighted by atomic mass is 19.4. The summed E-state index contributed by atoms with van der Waals surface area (Å²) in [6, 6.07) is 1.20. The summed E-state index contributed by atoms with van der Waals surface area (Å²) in [5.41, 5.74) is -3.01. The van der Waals surface area contributed by atoms with Crippen molar-refractivity contribution in [3.63, 3.8) is 0 Å². The topological polar surface area (TPSA) is 60.7 Å². The molecule has 6 heteroatoms. The zero-order chi connectivity index (χ0) is 12.1. The minimum atomic E-state index is -4.67. The summed E-state index contributed by atoms with van der Waals surface area (Å²) in [7, 11) is 0. The van der Waals surface area contributed by atoms with Gasteiger partial charge in [-0.25, -0.2) is 0 Å². The second-order valence-electron chi connectivity index (χ2n) is 3.92. The maximum atomic E-state index is 12.6. The third kappa shape index (κ3) is 1.69. The summed E-state index contributed by atoms with van der Waals surface area (Å²) < 4.78 is 37.8. The summed E-state index contributed by atoms with van der Waals surface area (Å²) in [5, 5.41) is 27.9. The number of aromatic hydroxyl groups is 2. The van der Waals surface area contributed by atoms with Crippen LogP contribution in [0.2, 0.25) is 0 Å². The molecule has 1 saturated carbocycles. The van der Waals surface area contributed by atoms with Gasteiger partial charge >= 0.3 is 6.18 Å². The smallest absolute Gasteiger partial charge is 0.416 e. The molecule has 0 heterocycles. The molecule has 1 aliphatic rings. The van der Waals surface area contributed by atoms with Crippen molar-refractivity contribution >= 4 is 0 Å². The van der Waals surface area contributed by atoms with Crippen LogP contribution in [-0.2, 0) is 11.8 Å².